The summed E-state index contributed by atoms with van der Waals surface area (Å²) in [5, 5.41) is 3.46. The molecule has 4 heteroatoms. The summed E-state index contributed by atoms with van der Waals surface area (Å²) in [6, 6.07) is 8.29. The monoisotopic (exact) mass is 276 g/mol. The number of amides is 1. The van der Waals surface area contributed by atoms with Crippen LogP contribution in [0.15, 0.2) is 24.3 Å². The second-order valence-corrected chi connectivity index (χ2v) is 5.35. The number of hydrogen-bond acceptors (Lipinski definition) is 3. The minimum absolute atomic E-state index is 0.0326. The predicted molar refractivity (Wildman–Crippen MR) is 79.3 cm³/mol. The molecule has 0 saturated carbocycles. The van der Waals surface area contributed by atoms with Crippen molar-refractivity contribution >= 4 is 5.91 Å². The van der Waals surface area contributed by atoms with Gasteiger partial charge in [-0.05, 0) is 18.9 Å². The maximum absolute atomic E-state index is 12.5. The minimum Gasteiger partial charge on any atom is -0.383 e. The number of hydrogen-bond donors (Lipinski definition) is 1. The summed E-state index contributed by atoms with van der Waals surface area (Å²) in [4.78, 5) is 14.4. The number of methoxy groups -OCH3 is 1. The molecule has 1 N–H and O–H groups in total. The molecule has 1 fully saturated rings. The molecule has 0 aromatic heterocycles. The molecule has 2 rings (SSSR count). The molecule has 0 radical (unpaired) electrons. The third-order valence-corrected chi connectivity index (χ3v) is 3.76. The van der Waals surface area contributed by atoms with Gasteiger partial charge in [0.05, 0.1) is 12.6 Å². The van der Waals surface area contributed by atoms with Gasteiger partial charge in [-0.2, -0.15) is 0 Å². The molecule has 1 saturated heterocycles. The SMILES string of the molecule is CCCC1NC(c2ccc(C)cc2)N(CCOC)C1=O. The summed E-state index contributed by atoms with van der Waals surface area (Å²) >= 11 is 0. The zero-order chi connectivity index (χ0) is 14.5. The lowest BCUT2D eigenvalue weighted by atomic mass is 10.1. The van der Waals surface area contributed by atoms with Gasteiger partial charge in [0.25, 0.3) is 0 Å². The van der Waals surface area contributed by atoms with Crippen LogP contribution in [0.25, 0.3) is 0 Å². The summed E-state index contributed by atoms with van der Waals surface area (Å²) < 4.78 is 5.13. The molecular formula is C16H24N2O2. The average Bonchev–Trinajstić information content (AvgIpc) is 2.75. The van der Waals surface area contributed by atoms with Gasteiger partial charge in [-0.15, -0.1) is 0 Å². The lowest BCUT2D eigenvalue weighted by molar-refractivity contribution is -0.130. The van der Waals surface area contributed by atoms with Crippen molar-refractivity contribution in [3.8, 4) is 0 Å². The summed E-state index contributed by atoms with van der Waals surface area (Å²) in [5.41, 5.74) is 2.37. The fourth-order valence-corrected chi connectivity index (χ4v) is 2.63. The van der Waals surface area contributed by atoms with Crippen molar-refractivity contribution in [1.82, 2.24) is 10.2 Å². The van der Waals surface area contributed by atoms with Crippen LogP contribution in [0.3, 0.4) is 0 Å². The van der Waals surface area contributed by atoms with Crippen LogP contribution >= 0.6 is 0 Å². The van der Waals surface area contributed by atoms with Gasteiger partial charge in [0, 0.05) is 13.7 Å². The van der Waals surface area contributed by atoms with Gasteiger partial charge in [-0.1, -0.05) is 43.2 Å². The number of rotatable bonds is 6. The van der Waals surface area contributed by atoms with E-state index < -0.39 is 0 Å². The van der Waals surface area contributed by atoms with E-state index in [2.05, 4.69) is 43.4 Å². The molecular weight excluding hydrogens is 252 g/mol. The molecule has 110 valence electrons. The van der Waals surface area contributed by atoms with Crippen LogP contribution in [0, 0.1) is 6.92 Å². The highest BCUT2D eigenvalue weighted by Crippen LogP contribution is 2.26. The molecule has 0 bridgehead atoms. The number of carbonyl (C=O) groups is 1. The number of nitrogens with one attached hydrogen (secondary N) is 1. The Kier molecular flexibility index (Phi) is 5.15. The molecule has 1 amide bonds. The summed E-state index contributed by atoms with van der Waals surface area (Å²) in [6.07, 6.45) is 1.85. The molecule has 1 aromatic carbocycles. The molecule has 1 aromatic rings. The van der Waals surface area contributed by atoms with Crippen LogP contribution in [0.2, 0.25) is 0 Å². The van der Waals surface area contributed by atoms with Gasteiger partial charge in [0.1, 0.15) is 6.17 Å². The van der Waals surface area contributed by atoms with Crippen LogP contribution in [0.5, 0.6) is 0 Å². The Morgan fingerprint density at radius 3 is 2.60 bits per heavy atom. The normalized spacial score (nSPS) is 22.6. The Morgan fingerprint density at radius 2 is 2.00 bits per heavy atom. The number of aryl methyl sites for hydroxylation is 1. The van der Waals surface area contributed by atoms with Gasteiger partial charge < -0.3 is 9.64 Å². The first kappa shape index (κ1) is 15.0. The van der Waals surface area contributed by atoms with Crippen LogP contribution in [0.4, 0.5) is 0 Å². The van der Waals surface area contributed by atoms with E-state index >= 15 is 0 Å². The van der Waals surface area contributed by atoms with Gasteiger partial charge >= 0.3 is 0 Å². The van der Waals surface area contributed by atoms with Crippen molar-refractivity contribution in [3.05, 3.63) is 35.4 Å². The summed E-state index contributed by atoms with van der Waals surface area (Å²) in [7, 11) is 1.67. The Labute approximate surface area is 121 Å². The van der Waals surface area contributed by atoms with Crippen molar-refractivity contribution in [2.45, 2.75) is 38.9 Å². The first-order valence-corrected chi connectivity index (χ1v) is 7.29. The molecule has 2 atom stereocenters. The van der Waals surface area contributed by atoms with Crippen molar-refractivity contribution in [2.24, 2.45) is 0 Å². The minimum atomic E-state index is -0.0665. The van der Waals surface area contributed by atoms with Crippen LogP contribution < -0.4 is 5.32 Å². The first-order chi connectivity index (χ1) is 9.67. The Balaban J connectivity index is 2.19. The van der Waals surface area contributed by atoms with E-state index in [0.29, 0.717) is 13.2 Å². The molecule has 1 aliphatic heterocycles. The third kappa shape index (κ3) is 3.19. The van der Waals surface area contributed by atoms with Crippen LogP contribution in [-0.2, 0) is 9.53 Å². The molecule has 0 spiro atoms. The third-order valence-electron chi connectivity index (χ3n) is 3.76. The highest BCUT2D eigenvalue weighted by Gasteiger charge is 2.38. The molecule has 2 unspecified atom stereocenters. The maximum atomic E-state index is 12.5. The van der Waals surface area contributed by atoms with Gasteiger partial charge in [-0.25, -0.2) is 0 Å². The number of benzene rings is 1. The van der Waals surface area contributed by atoms with Crippen molar-refractivity contribution in [2.75, 3.05) is 20.3 Å². The van der Waals surface area contributed by atoms with Crippen LogP contribution in [-0.4, -0.2) is 37.1 Å². The van der Waals surface area contributed by atoms with Crippen molar-refractivity contribution < 1.29 is 9.53 Å². The van der Waals surface area contributed by atoms with Crippen molar-refractivity contribution in [3.63, 3.8) is 0 Å². The fourth-order valence-electron chi connectivity index (χ4n) is 2.63. The van der Waals surface area contributed by atoms with E-state index in [0.717, 1.165) is 18.4 Å². The maximum Gasteiger partial charge on any atom is 0.241 e. The van der Waals surface area contributed by atoms with Gasteiger partial charge in [0.15, 0.2) is 0 Å². The molecule has 4 nitrogen and oxygen atoms in total. The zero-order valence-corrected chi connectivity index (χ0v) is 12.6. The lowest BCUT2D eigenvalue weighted by Gasteiger charge is -2.24. The molecule has 1 heterocycles. The highest BCUT2D eigenvalue weighted by molar-refractivity contribution is 5.84. The largest absolute Gasteiger partial charge is 0.383 e. The van der Waals surface area contributed by atoms with E-state index in [9.17, 15) is 4.79 Å². The lowest BCUT2D eigenvalue weighted by Crippen LogP contribution is -2.33. The van der Waals surface area contributed by atoms with Crippen LogP contribution in [0.1, 0.15) is 37.1 Å². The Morgan fingerprint density at radius 1 is 1.30 bits per heavy atom. The van der Waals surface area contributed by atoms with E-state index in [4.69, 9.17) is 4.74 Å². The number of nitrogens with zero attached hydrogens (tertiary/aromatic N) is 1. The zero-order valence-electron chi connectivity index (χ0n) is 12.6. The van der Waals surface area contributed by atoms with E-state index in [-0.39, 0.29) is 18.1 Å². The van der Waals surface area contributed by atoms with E-state index in [1.807, 2.05) is 4.90 Å². The second kappa shape index (κ2) is 6.86. The molecule has 20 heavy (non-hydrogen) atoms. The second-order valence-electron chi connectivity index (χ2n) is 5.35. The fraction of sp³-hybridized carbons (Fsp3) is 0.562. The highest BCUT2D eigenvalue weighted by atomic mass is 16.5. The number of carbonyl (C=O) groups excluding carboxylic acids is 1. The predicted octanol–water partition coefficient (Wildman–Crippen LogP) is 2.24. The topological polar surface area (TPSA) is 41.6 Å². The molecule has 0 aliphatic carbocycles. The Bertz CT molecular complexity index is 444. The smallest absolute Gasteiger partial charge is 0.241 e. The number of ether oxygens (including phenoxy) is 1. The average molecular weight is 276 g/mol. The van der Waals surface area contributed by atoms with E-state index in [1.54, 1.807) is 7.11 Å². The summed E-state index contributed by atoms with van der Waals surface area (Å²) in [6.45, 7) is 5.36. The van der Waals surface area contributed by atoms with Crippen molar-refractivity contribution in [1.29, 1.82) is 0 Å². The quantitative estimate of drug-likeness (QED) is 0.866. The standard InChI is InChI=1S/C16H24N2O2/c1-4-5-14-16(19)18(10-11-20-3)15(17-14)13-8-6-12(2)7-9-13/h6-9,14-15,17H,4-5,10-11H2,1-3H3. The Hall–Kier alpha value is -1.39. The van der Waals surface area contributed by atoms with Gasteiger partial charge in [-0.3, -0.25) is 10.1 Å². The van der Waals surface area contributed by atoms with E-state index in [1.165, 1.54) is 5.56 Å². The molecule has 1 aliphatic rings. The first-order valence-electron chi connectivity index (χ1n) is 7.29. The van der Waals surface area contributed by atoms with Gasteiger partial charge in [0.2, 0.25) is 5.91 Å². The summed E-state index contributed by atoms with van der Waals surface area (Å²) in [5.74, 6) is 0.189.